The van der Waals surface area contributed by atoms with Gasteiger partial charge in [-0.25, -0.2) is 0 Å². The fraction of sp³-hybridized carbons (Fsp3) is 0.364. The molecule has 0 spiro atoms. The van der Waals surface area contributed by atoms with Crippen molar-refractivity contribution in [3.63, 3.8) is 0 Å². The maximum atomic E-state index is 10.8. The molecular weight excluding hydrogens is 198 g/mol. The molecule has 0 heterocycles. The molecular formula is C11H12ClNO. The van der Waals surface area contributed by atoms with Gasteiger partial charge in [0.2, 0.25) is 5.91 Å². The van der Waals surface area contributed by atoms with Gasteiger partial charge in [-0.3, -0.25) is 4.79 Å². The summed E-state index contributed by atoms with van der Waals surface area (Å²) in [5.41, 5.74) is 6.46. The summed E-state index contributed by atoms with van der Waals surface area (Å²) in [6.45, 7) is 0. The molecule has 14 heavy (non-hydrogen) atoms. The van der Waals surface area contributed by atoms with Gasteiger partial charge in [0.1, 0.15) is 0 Å². The third kappa shape index (κ3) is 1.75. The first-order valence-electron chi connectivity index (χ1n) is 4.71. The minimum atomic E-state index is -0.171. The van der Waals surface area contributed by atoms with Crippen LogP contribution in [0.1, 0.15) is 24.3 Å². The lowest BCUT2D eigenvalue weighted by atomic mass is 9.71. The van der Waals surface area contributed by atoms with Crippen molar-refractivity contribution in [1.29, 1.82) is 0 Å². The third-order valence-electron chi connectivity index (χ3n) is 2.88. The van der Waals surface area contributed by atoms with Gasteiger partial charge in [-0.2, -0.15) is 0 Å². The summed E-state index contributed by atoms with van der Waals surface area (Å²) in [6.07, 6.45) is 1.77. The van der Waals surface area contributed by atoms with Gasteiger partial charge in [0, 0.05) is 10.9 Å². The quantitative estimate of drug-likeness (QED) is 0.798. The van der Waals surface area contributed by atoms with E-state index in [-0.39, 0.29) is 11.8 Å². The number of hydrogen-bond acceptors (Lipinski definition) is 1. The molecule has 1 aromatic rings. The van der Waals surface area contributed by atoms with Crippen LogP contribution in [0.2, 0.25) is 5.02 Å². The van der Waals surface area contributed by atoms with Gasteiger partial charge in [-0.1, -0.05) is 23.7 Å². The number of benzene rings is 1. The molecule has 1 saturated carbocycles. The minimum Gasteiger partial charge on any atom is -0.369 e. The number of rotatable bonds is 2. The normalized spacial score (nSPS) is 25.5. The highest BCUT2D eigenvalue weighted by atomic mass is 35.5. The standard InChI is InChI=1S/C11H12ClNO/c12-10-3-1-7(2-4-10)8-5-9(6-8)11(13)14/h1-4,8-9H,5-6H2,(H2,13,14). The highest BCUT2D eigenvalue weighted by Gasteiger charge is 2.33. The predicted molar refractivity (Wildman–Crippen MR) is 56.1 cm³/mol. The van der Waals surface area contributed by atoms with Crippen molar-refractivity contribution in [2.75, 3.05) is 0 Å². The van der Waals surface area contributed by atoms with Crippen LogP contribution in [0.25, 0.3) is 0 Å². The van der Waals surface area contributed by atoms with Crippen LogP contribution in [0.3, 0.4) is 0 Å². The van der Waals surface area contributed by atoms with Crippen molar-refractivity contribution in [2.24, 2.45) is 11.7 Å². The number of primary amides is 1. The molecule has 1 aliphatic carbocycles. The SMILES string of the molecule is NC(=O)C1CC(c2ccc(Cl)cc2)C1. The van der Waals surface area contributed by atoms with Gasteiger partial charge in [0.15, 0.2) is 0 Å². The Balaban J connectivity index is 2.00. The molecule has 2 N–H and O–H groups in total. The number of carbonyl (C=O) groups is 1. The van der Waals surface area contributed by atoms with Gasteiger partial charge in [0.05, 0.1) is 0 Å². The largest absolute Gasteiger partial charge is 0.369 e. The second-order valence-electron chi connectivity index (χ2n) is 3.82. The first kappa shape index (κ1) is 9.53. The van der Waals surface area contributed by atoms with Crippen molar-refractivity contribution in [1.82, 2.24) is 0 Å². The van der Waals surface area contributed by atoms with E-state index in [9.17, 15) is 4.79 Å². The zero-order chi connectivity index (χ0) is 10.1. The number of halogens is 1. The molecule has 2 nitrogen and oxygen atoms in total. The highest BCUT2D eigenvalue weighted by molar-refractivity contribution is 6.30. The Kier molecular flexibility index (Phi) is 2.46. The van der Waals surface area contributed by atoms with Crippen molar-refractivity contribution < 1.29 is 4.79 Å². The van der Waals surface area contributed by atoms with E-state index in [0.29, 0.717) is 5.92 Å². The van der Waals surface area contributed by atoms with Crippen LogP contribution >= 0.6 is 11.6 Å². The molecule has 1 fully saturated rings. The summed E-state index contributed by atoms with van der Waals surface area (Å²) in [4.78, 5) is 10.8. The monoisotopic (exact) mass is 209 g/mol. The van der Waals surface area contributed by atoms with Crippen LogP contribution in [0, 0.1) is 5.92 Å². The first-order valence-corrected chi connectivity index (χ1v) is 5.09. The molecule has 1 aliphatic rings. The lowest BCUT2D eigenvalue weighted by molar-refractivity contribution is -0.124. The zero-order valence-electron chi connectivity index (χ0n) is 7.74. The van der Waals surface area contributed by atoms with E-state index in [1.165, 1.54) is 5.56 Å². The molecule has 1 amide bonds. The van der Waals surface area contributed by atoms with Crippen LogP contribution in [0.15, 0.2) is 24.3 Å². The zero-order valence-corrected chi connectivity index (χ0v) is 8.50. The molecule has 1 aromatic carbocycles. The summed E-state index contributed by atoms with van der Waals surface area (Å²) in [7, 11) is 0. The molecule has 0 aromatic heterocycles. The molecule has 0 aliphatic heterocycles. The summed E-state index contributed by atoms with van der Waals surface area (Å²) in [5, 5.41) is 0.750. The smallest absolute Gasteiger partial charge is 0.220 e. The van der Waals surface area contributed by atoms with Gasteiger partial charge in [0.25, 0.3) is 0 Å². The van der Waals surface area contributed by atoms with Gasteiger partial charge in [-0.05, 0) is 36.5 Å². The second kappa shape index (κ2) is 3.62. The van der Waals surface area contributed by atoms with E-state index in [4.69, 9.17) is 17.3 Å². The second-order valence-corrected chi connectivity index (χ2v) is 4.26. The number of carbonyl (C=O) groups excluding carboxylic acids is 1. The Morgan fingerprint density at radius 1 is 1.29 bits per heavy atom. The predicted octanol–water partition coefficient (Wildman–Crippen LogP) is 2.32. The van der Waals surface area contributed by atoms with Crippen LogP contribution in [0.5, 0.6) is 0 Å². The van der Waals surface area contributed by atoms with E-state index in [0.717, 1.165) is 17.9 Å². The van der Waals surface area contributed by atoms with Gasteiger partial charge in [-0.15, -0.1) is 0 Å². The Bertz CT molecular complexity index is 341. The van der Waals surface area contributed by atoms with Crippen molar-refractivity contribution in [3.8, 4) is 0 Å². The van der Waals surface area contributed by atoms with Crippen molar-refractivity contribution in [3.05, 3.63) is 34.9 Å². The van der Waals surface area contributed by atoms with E-state index >= 15 is 0 Å². The molecule has 3 heteroatoms. The summed E-state index contributed by atoms with van der Waals surface area (Å²) in [5.74, 6) is 0.399. The van der Waals surface area contributed by atoms with Gasteiger partial charge >= 0.3 is 0 Å². The maximum Gasteiger partial charge on any atom is 0.220 e. The van der Waals surface area contributed by atoms with Crippen molar-refractivity contribution >= 4 is 17.5 Å². The van der Waals surface area contributed by atoms with Crippen LogP contribution in [0.4, 0.5) is 0 Å². The third-order valence-corrected chi connectivity index (χ3v) is 3.13. The van der Waals surface area contributed by atoms with Crippen LogP contribution < -0.4 is 5.73 Å². The molecule has 0 saturated heterocycles. The Morgan fingerprint density at radius 3 is 2.36 bits per heavy atom. The Morgan fingerprint density at radius 2 is 1.86 bits per heavy atom. The highest BCUT2D eigenvalue weighted by Crippen LogP contribution is 2.41. The Labute approximate surface area is 88.1 Å². The molecule has 2 rings (SSSR count). The van der Waals surface area contributed by atoms with Crippen molar-refractivity contribution in [2.45, 2.75) is 18.8 Å². The van der Waals surface area contributed by atoms with E-state index in [1.54, 1.807) is 0 Å². The summed E-state index contributed by atoms with van der Waals surface area (Å²) >= 11 is 5.78. The fourth-order valence-electron chi connectivity index (χ4n) is 1.86. The molecule has 74 valence electrons. The summed E-state index contributed by atoms with van der Waals surface area (Å²) < 4.78 is 0. The van der Waals surface area contributed by atoms with Crippen LogP contribution in [-0.2, 0) is 4.79 Å². The fourth-order valence-corrected chi connectivity index (χ4v) is 1.98. The number of amides is 1. The lowest BCUT2D eigenvalue weighted by Gasteiger charge is -2.33. The molecule has 0 bridgehead atoms. The van der Waals surface area contributed by atoms with E-state index < -0.39 is 0 Å². The van der Waals surface area contributed by atoms with E-state index in [1.807, 2.05) is 24.3 Å². The maximum absolute atomic E-state index is 10.8. The van der Waals surface area contributed by atoms with E-state index in [2.05, 4.69) is 0 Å². The molecule has 0 unspecified atom stereocenters. The number of nitrogens with two attached hydrogens (primary N) is 1. The first-order chi connectivity index (χ1) is 6.66. The topological polar surface area (TPSA) is 43.1 Å². The Hall–Kier alpha value is -1.02. The lowest BCUT2D eigenvalue weighted by Crippen LogP contribution is -2.33. The average Bonchev–Trinajstić information content (AvgIpc) is 2.05. The molecule has 0 radical (unpaired) electrons. The summed E-state index contributed by atoms with van der Waals surface area (Å²) in [6, 6.07) is 7.80. The van der Waals surface area contributed by atoms with Crippen LogP contribution in [-0.4, -0.2) is 5.91 Å². The molecule has 0 atom stereocenters. The number of hydrogen-bond donors (Lipinski definition) is 1. The minimum absolute atomic E-state index is 0.0793. The average molecular weight is 210 g/mol. The van der Waals surface area contributed by atoms with Gasteiger partial charge < -0.3 is 5.73 Å².